The second-order valence-corrected chi connectivity index (χ2v) is 4.09. The van der Waals surface area contributed by atoms with Crippen LogP contribution in [0.1, 0.15) is 38.4 Å². The lowest BCUT2D eigenvalue weighted by Crippen LogP contribution is -1.91. The van der Waals surface area contributed by atoms with E-state index in [1.807, 2.05) is 0 Å². The van der Waals surface area contributed by atoms with Crippen LogP contribution in [0.15, 0.2) is 6.20 Å². The summed E-state index contributed by atoms with van der Waals surface area (Å²) in [6, 6.07) is 0.363. The molecule has 0 aliphatic carbocycles. The zero-order valence-electron chi connectivity index (χ0n) is 10.4. The first-order valence-corrected chi connectivity index (χ1v) is 6.09. The number of aromatic nitrogens is 4. The molecular formula is C12H18N4O. The number of rotatable bonds is 6. The van der Waals surface area contributed by atoms with Crippen LogP contribution in [0, 0.1) is 0 Å². The molecule has 5 heteroatoms. The Hall–Kier alpha value is -1.65. The van der Waals surface area contributed by atoms with Crippen molar-refractivity contribution in [2.24, 2.45) is 0 Å². The molecule has 0 aromatic carbocycles. The van der Waals surface area contributed by atoms with Crippen molar-refractivity contribution in [3.05, 3.63) is 12.0 Å². The molecule has 2 aromatic rings. The maximum Gasteiger partial charge on any atom is 0.318 e. The molecule has 92 valence electrons. The molecular weight excluding hydrogens is 216 g/mol. The Labute approximate surface area is 101 Å². The molecule has 0 aliphatic heterocycles. The smallest absolute Gasteiger partial charge is 0.318 e. The number of nitrogens with zero attached hydrogens (tertiary/aromatic N) is 3. The summed E-state index contributed by atoms with van der Waals surface area (Å²) < 4.78 is 4.97. The quantitative estimate of drug-likeness (QED) is 0.780. The third-order valence-corrected chi connectivity index (χ3v) is 2.72. The van der Waals surface area contributed by atoms with Gasteiger partial charge in [0.05, 0.1) is 13.3 Å². The number of ether oxygens (including phenoxy) is 1. The fourth-order valence-electron chi connectivity index (χ4n) is 1.78. The molecule has 0 saturated heterocycles. The third-order valence-electron chi connectivity index (χ3n) is 2.72. The minimum absolute atomic E-state index is 0.363. The third kappa shape index (κ3) is 2.93. The van der Waals surface area contributed by atoms with Crippen molar-refractivity contribution in [1.82, 2.24) is 19.9 Å². The maximum atomic E-state index is 4.97. The van der Waals surface area contributed by atoms with E-state index in [0.717, 1.165) is 24.2 Å². The Morgan fingerprint density at radius 3 is 2.88 bits per heavy atom. The van der Waals surface area contributed by atoms with Gasteiger partial charge in [0.25, 0.3) is 0 Å². The molecule has 0 saturated carbocycles. The minimum atomic E-state index is 0.363. The minimum Gasteiger partial charge on any atom is -0.467 e. The van der Waals surface area contributed by atoms with Gasteiger partial charge in [-0.25, -0.2) is 9.97 Å². The number of hydrogen-bond acceptors (Lipinski definition) is 4. The average Bonchev–Trinajstić information content (AvgIpc) is 2.76. The maximum absolute atomic E-state index is 4.97. The van der Waals surface area contributed by atoms with E-state index in [4.69, 9.17) is 4.74 Å². The number of methoxy groups -OCH3 is 1. The summed E-state index contributed by atoms with van der Waals surface area (Å²) in [6.07, 6.45) is 7.64. The van der Waals surface area contributed by atoms with Crippen LogP contribution >= 0.6 is 0 Å². The van der Waals surface area contributed by atoms with Gasteiger partial charge in [-0.3, -0.25) is 0 Å². The van der Waals surface area contributed by atoms with E-state index in [1.54, 1.807) is 13.3 Å². The highest BCUT2D eigenvalue weighted by atomic mass is 16.5. The fourth-order valence-corrected chi connectivity index (χ4v) is 1.78. The van der Waals surface area contributed by atoms with Gasteiger partial charge in [0.1, 0.15) is 11.3 Å². The number of unbranched alkanes of at least 4 members (excludes halogenated alkanes) is 3. The van der Waals surface area contributed by atoms with Crippen LogP contribution < -0.4 is 4.74 Å². The highest BCUT2D eigenvalue weighted by Gasteiger charge is 2.05. The molecule has 2 heterocycles. The van der Waals surface area contributed by atoms with E-state index in [1.165, 1.54) is 19.3 Å². The summed E-state index contributed by atoms with van der Waals surface area (Å²) in [6.45, 7) is 2.21. The molecule has 2 aromatic heterocycles. The van der Waals surface area contributed by atoms with Gasteiger partial charge >= 0.3 is 6.01 Å². The molecule has 0 atom stereocenters. The molecule has 0 radical (unpaired) electrons. The van der Waals surface area contributed by atoms with Gasteiger partial charge in [0, 0.05) is 6.42 Å². The Morgan fingerprint density at radius 1 is 1.24 bits per heavy atom. The number of fused-ring (bicyclic) bond motifs is 1. The topological polar surface area (TPSA) is 63.7 Å². The Kier molecular flexibility index (Phi) is 3.90. The molecule has 0 unspecified atom stereocenters. The van der Waals surface area contributed by atoms with E-state index in [-0.39, 0.29) is 0 Å². The van der Waals surface area contributed by atoms with Crippen molar-refractivity contribution in [2.75, 3.05) is 7.11 Å². The first-order valence-electron chi connectivity index (χ1n) is 6.09. The molecule has 0 bridgehead atoms. The van der Waals surface area contributed by atoms with Crippen LogP contribution in [0.4, 0.5) is 0 Å². The summed E-state index contributed by atoms with van der Waals surface area (Å²) in [5.74, 6) is 0.985. The number of aryl methyl sites for hydroxylation is 1. The predicted molar refractivity (Wildman–Crippen MR) is 66.1 cm³/mol. The molecule has 0 fully saturated rings. The zero-order chi connectivity index (χ0) is 12.1. The summed E-state index contributed by atoms with van der Waals surface area (Å²) >= 11 is 0. The number of H-pyrrole nitrogens is 1. The lowest BCUT2D eigenvalue weighted by Gasteiger charge is -1.95. The SMILES string of the molecule is CCCCCCc1nc2nc(OC)ncc2[nH]1. The number of aromatic amines is 1. The van der Waals surface area contributed by atoms with Crippen molar-refractivity contribution in [1.29, 1.82) is 0 Å². The van der Waals surface area contributed by atoms with Gasteiger partial charge in [-0.05, 0) is 6.42 Å². The fraction of sp³-hybridized carbons (Fsp3) is 0.583. The predicted octanol–water partition coefficient (Wildman–Crippen LogP) is 2.48. The molecule has 0 aliphatic rings. The van der Waals surface area contributed by atoms with Gasteiger partial charge in [-0.1, -0.05) is 26.2 Å². The van der Waals surface area contributed by atoms with Crippen molar-refractivity contribution < 1.29 is 4.74 Å². The van der Waals surface area contributed by atoms with Crippen LogP contribution in [0.25, 0.3) is 11.2 Å². The zero-order valence-corrected chi connectivity index (χ0v) is 10.4. The van der Waals surface area contributed by atoms with Gasteiger partial charge in [-0.15, -0.1) is 0 Å². The molecule has 17 heavy (non-hydrogen) atoms. The standard InChI is InChI=1S/C12H18N4O/c1-3-4-5-6-7-10-14-9-8-13-12(17-2)16-11(9)15-10/h8H,3-7H2,1-2H3,(H,13,14,15,16). The summed E-state index contributed by atoms with van der Waals surface area (Å²) in [5, 5.41) is 0. The Morgan fingerprint density at radius 2 is 2.12 bits per heavy atom. The average molecular weight is 234 g/mol. The van der Waals surface area contributed by atoms with Crippen LogP contribution in [0.2, 0.25) is 0 Å². The van der Waals surface area contributed by atoms with E-state index in [2.05, 4.69) is 26.9 Å². The second kappa shape index (κ2) is 5.61. The van der Waals surface area contributed by atoms with Crippen molar-refractivity contribution in [3.63, 3.8) is 0 Å². The second-order valence-electron chi connectivity index (χ2n) is 4.09. The number of imidazole rings is 1. The van der Waals surface area contributed by atoms with Crippen molar-refractivity contribution in [3.8, 4) is 6.01 Å². The van der Waals surface area contributed by atoms with Gasteiger partial charge in [0.2, 0.25) is 0 Å². The first-order chi connectivity index (χ1) is 8.33. The van der Waals surface area contributed by atoms with Crippen LogP contribution in [0.5, 0.6) is 6.01 Å². The van der Waals surface area contributed by atoms with E-state index < -0.39 is 0 Å². The summed E-state index contributed by atoms with van der Waals surface area (Å²) in [5.41, 5.74) is 1.55. The summed E-state index contributed by atoms with van der Waals surface area (Å²) in [7, 11) is 1.56. The lowest BCUT2D eigenvalue weighted by atomic mass is 10.1. The van der Waals surface area contributed by atoms with Crippen molar-refractivity contribution >= 4 is 11.2 Å². The highest BCUT2D eigenvalue weighted by molar-refractivity contribution is 5.69. The molecule has 1 N–H and O–H groups in total. The van der Waals surface area contributed by atoms with Crippen molar-refractivity contribution in [2.45, 2.75) is 39.0 Å². The number of nitrogens with one attached hydrogen (secondary N) is 1. The van der Waals surface area contributed by atoms with Gasteiger partial charge < -0.3 is 9.72 Å². The molecule has 2 rings (SSSR count). The normalized spacial score (nSPS) is 10.9. The van der Waals surface area contributed by atoms with Gasteiger partial charge in [0.15, 0.2) is 5.65 Å². The lowest BCUT2D eigenvalue weighted by molar-refractivity contribution is 0.381. The van der Waals surface area contributed by atoms with E-state index >= 15 is 0 Å². The van der Waals surface area contributed by atoms with Crippen LogP contribution in [-0.2, 0) is 6.42 Å². The first kappa shape index (κ1) is 11.8. The van der Waals surface area contributed by atoms with Crippen LogP contribution in [0.3, 0.4) is 0 Å². The highest BCUT2D eigenvalue weighted by Crippen LogP contribution is 2.13. The Balaban J connectivity index is 2.04. The molecule has 0 spiro atoms. The largest absolute Gasteiger partial charge is 0.467 e. The monoisotopic (exact) mass is 234 g/mol. The van der Waals surface area contributed by atoms with Gasteiger partial charge in [-0.2, -0.15) is 4.98 Å². The van der Waals surface area contributed by atoms with E-state index in [9.17, 15) is 0 Å². The summed E-state index contributed by atoms with van der Waals surface area (Å²) in [4.78, 5) is 15.9. The molecule has 5 nitrogen and oxygen atoms in total. The van der Waals surface area contributed by atoms with Crippen LogP contribution in [-0.4, -0.2) is 27.0 Å². The van der Waals surface area contributed by atoms with E-state index in [0.29, 0.717) is 11.7 Å². The number of hydrogen-bond donors (Lipinski definition) is 1. The Bertz CT molecular complexity index is 480. The molecule has 0 amide bonds.